The zero-order valence-corrected chi connectivity index (χ0v) is 13.1. The molecule has 1 unspecified atom stereocenters. The average molecular weight is 300 g/mol. The van der Waals surface area contributed by atoms with Gasteiger partial charge >= 0.3 is 0 Å². The number of carbonyl (C=O) groups excluding carboxylic acids is 1. The molecule has 1 aliphatic heterocycles. The zero-order valence-electron chi connectivity index (χ0n) is 13.1. The molecule has 0 saturated carbocycles. The fraction of sp³-hybridized carbons (Fsp3) is 0.438. The summed E-state index contributed by atoms with van der Waals surface area (Å²) in [5.41, 5.74) is 3.33. The lowest BCUT2D eigenvalue weighted by Crippen LogP contribution is -2.31. The van der Waals surface area contributed by atoms with Crippen molar-refractivity contribution in [2.45, 2.75) is 33.3 Å². The van der Waals surface area contributed by atoms with Crippen LogP contribution in [0.25, 0.3) is 0 Å². The molecular weight excluding hydrogens is 280 g/mol. The number of aromatic amines is 1. The number of nitrogens with zero attached hydrogens (tertiary/aromatic N) is 3. The van der Waals surface area contributed by atoms with Crippen molar-refractivity contribution in [1.29, 1.82) is 0 Å². The summed E-state index contributed by atoms with van der Waals surface area (Å²) in [6.07, 6.45) is 2.59. The van der Waals surface area contributed by atoms with Crippen LogP contribution in [0.4, 0.5) is 0 Å². The second kappa shape index (κ2) is 5.79. The number of aromatic nitrogens is 3. The second-order valence-electron chi connectivity index (χ2n) is 5.76. The highest BCUT2D eigenvalue weighted by Crippen LogP contribution is 2.20. The highest BCUT2D eigenvalue weighted by molar-refractivity contribution is 5.96. The third-order valence-electron chi connectivity index (χ3n) is 3.95. The van der Waals surface area contributed by atoms with Crippen LogP contribution in [0.1, 0.15) is 33.7 Å². The van der Waals surface area contributed by atoms with Crippen molar-refractivity contribution in [3.8, 4) is 5.88 Å². The van der Waals surface area contributed by atoms with Gasteiger partial charge in [-0.2, -0.15) is 5.10 Å². The maximum atomic E-state index is 12.6. The molecule has 1 fully saturated rings. The Balaban J connectivity index is 1.65. The van der Waals surface area contributed by atoms with Crippen LogP contribution < -0.4 is 4.74 Å². The summed E-state index contributed by atoms with van der Waals surface area (Å²) < 4.78 is 5.86. The van der Waals surface area contributed by atoms with Crippen molar-refractivity contribution in [3.63, 3.8) is 0 Å². The van der Waals surface area contributed by atoms with E-state index >= 15 is 0 Å². The van der Waals surface area contributed by atoms with E-state index in [9.17, 15) is 4.79 Å². The first-order valence-corrected chi connectivity index (χ1v) is 7.44. The van der Waals surface area contributed by atoms with E-state index in [1.807, 2.05) is 37.8 Å². The maximum Gasteiger partial charge on any atom is 0.257 e. The second-order valence-corrected chi connectivity index (χ2v) is 5.76. The van der Waals surface area contributed by atoms with Gasteiger partial charge in [0.25, 0.3) is 5.91 Å². The molecule has 116 valence electrons. The number of nitrogens with one attached hydrogen (secondary N) is 1. The van der Waals surface area contributed by atoms with E-state index in [1.54, 1.807) is 6.20 Å². The summed E-state index contributed by atoms with van der Waals surface area (Å²) >= 11 is 0. The van der Waals surface area contributed by atoms with Gasteiger partial charge in [0.15, 0.2) is 0 Å². The van der Waals surface area contributed by atoms with Gasteiger partial charge in [-0.05, 0) is 26.3 Å². The molecule has 0 spiro atoms. The molecular formula is C16H20N4O2. The molecule has 0 radical (unpaired) electrons. The van der Waals surface area contributed by atoms with E-state index in [2.05, 4.69) is 15.2 Å². The minimum atomic E-state index is -0.00771. The average Bonchev–Trinajstić information content (AvgIpc) is 3.08. The molecule has 0 aromatic carbocycles. The van der Waals surface area contributed by atoms with E-state index in [4.69, 9.17) is 4.74 Å². The number of ether oxygens (including phenoxy) is 1. The van der Waals surface area contributed by atoms with Crippen LogP contribution in [0, 0.1) is 20.8 Å². The number of aryl methyl sites for hydroxylation is 3. The Morgan fingerprint density at radius 1 is 1.36 bits per heavy atom. The summed E-state index contributed by atoms with van der Waals surface area (Å²) in [6.45, 7) is 6.98. The first-order chi connectivity index (χ1) is 10.5. The third-order valence-corrected chi connectivity index (χ3v) is 3.95. The Morgan fingerprint density at radius 2 is 2.18 bits per heavy atom. The number of likely N-dealkylation sites (tertiary alicyclic amines) is 1. The Kier molecular flexibility index (Phi) is 3.83. The number of hydrogen-bond donors (Lipinski definition) is 1. The topological polar surface area (TPSA) is 71.1 Å². The minimum absolute atomic E-state index is 0.00771. The molecule has 22 heavy (non-hydrogen) atoms. The Hall–Kier alpha value is -2.37. The molecule has 3 heterocycles. The van der Waals surface area contributed by atoms with Crippen LogP contribution in [-0.2, 0) is 0 Å². The van der Waals surface area contributed by atoms with Crippen molar-refractivity contribution in [1.82, 2.24) is 20.1 Å². The van der Waals surface area contributed by atoms with Gasteiger partial charge < -0.3 is 9.64 Å². The quantitative estimate of drug-likeness (QED) is 0.941. The zero-order chi connectivity index (χ0) is 15.7. The molecule has 3 rings (SSSR count). The molecule has 1 atom stereocenters. The Morgan fingerprint density at radius 3 is 2.82 bits per heavy atom. The number of H-pyrrole nitrogens is 1. The Bertz CT molecular complexity index is 658. The van der Waals surface area contributed by atoms with Gasteiger partial charge in [-0.1, -0.05) is 6.07 Å². The number of hydrogen-bond acceptors (Lipinski definition) is 4. The van der Waals surface area contributed by atoms with Gasteiger partial charge in [-0.25, -0.2) is 4.98 Å². The molecule has 2 aromatic rings. The van der Waals surface area contributed by atoms with Crippen molar-refractivity contribution in [3.05, 3.63) is 40.8 Å². The number of amides is 1. The van der Waals surface area contributed by atoms with Crippen LogP contribution in [0.15, 0.2) is 18.3 Å². The number of carbonyl (C=O) groups is 1. The standard InChI is InChI=1S/C16H20N4O2/c1-10-4-5-14(17-8-10)22-13-6-7-20(9-13)16(21)15-11(2)18-19-12(15)3/h4-5,8,13H,6-7,9H2,1-3H3,(H,18,19). The van der Waals surface area contributed by atoms with E-state index < -0.39 is 0 Å². The SMILES string of the molecule is Cc1ccc(OC2CCN(C(=O)c3c(C)n[nH]c3C)C2)nc1. The van der Waals surface area contributed by atoms with Gasteiger partial charge in [-0.3, -0.25) is 9.89 Å². The summed E-state index contributed by atoms with van der Waals surface area (Å²) in [6, 6.07) is 3.84. The lowest BCUT2D eigenvalue weighted by atomic mass is 10.2. The first kappa shape index (κ1) is 14.6. The molecule has 1 amide bonds. The highest BCUT2D eigenvalue weighted by atomic mass is 16.5. The molecule has 1 N–H and O–H groups in total. The van der Waals surface area contributed by atoms with Crippen LogP contribution >= 0.6 is 0 Å². The van der Waals surface area contributed by atoms with E-state index in [-0.39, 0.29) is 12.0 Å². The largest absolute Gasteiger partial charge is 0.472 e. The summed E-state index contributed by atoms with van der Waals surface area (Å²) in [4.78, 5) is 18.7. The molecule has 0 bridgehead atoms. The summed E-state index contributed by atoms with van der Waals surface area (Å²) in [7, 11) is 0. The fourth-order valence-corrected chi connectivity index (χ4v) is 2.73. The molecule has 1 aliphatic rings. The van der Waals surface area contributed by atoms with Gasteiger partial charge in [0, 0.05) is 30.9 Å². The van der Waals surface area contributed by atoms with Gasteiger partial charge in [-0.15, -0.1) is 0 Å². The molecule has 6 nitrogen and oxygen atoms in total. The smallest absolute Gasteiger partial charge is 0.257 e. The fourth-order valence-electron chi connectivity index (χ4n) is 2.73. The monoisotopic (exact) mass is 300 g/mol. The predicted molar refractivity (Wildman–Crippen MR) is 82.0 cm³/mol. The van der Waals surface area contributed by atoms with Crippen molar-refractivity contribution >= 4 is 5.91 Å². The number of rotatable bonds is 3. The van der Waals surface area contributed by atoms with Crippen molar-refractivity contribution in [2.24, 2.45) is 0 Å². The lowest BCUT2D eigenvalue weighted by Gasteiger charge is -2.17. The number of pyridine rings is 1. The summed E-state index contributed by atoms with van der Waals surface area (Å²) in [5, 5.41) is 6.95. The van der Waals surface area contributed by atoms with Crippen LogP contribution in [0.2, 0.25) is 0 Å². The van der Waals surface area contributed by atoms with Crippen LogP contribution in [0.5, 0.6) is 5.88 Å². The Labute approximate surface area is 129 Å². The third kappa shape index (κ3) is 2.81. The maximum absolute atomic E-state index is 12.6. The van der Waals surface area contributed by atoms with Crippen molar-refractivity contribution < 1.29 is 9.53 Å². The molecule has 1 saturated heterocycles. The first-order valence-electron chi connectivity index (χ1n) is 7.44. The lowest BCUT2D eigenvalue weighted by molar-refractivity contribution is 0.0770. The predicted octanol–water partition coefficient (Wildman–Crippen LogP) is 2.02. The van der Waals surface area contributed by atoms with Crippen LogP contribution in [0.3, 0.4) is 0 Å². The van der Waals surface area contributed by atoms with E-state index in [0.29, 0.717) is 24.5 Å². The van der Waals surface area contributed by atoms with Gasteiger partial charge in [0.2, 0.25) is 5.88 Å². The van der Waals surface area contributed by atoms with E-state index in [1.165, 1.54) is 0 Å². The van der Waals surface area contributed by atoms with Crippen molar-refractivity contribution in [2.75, 3.05) is 13.1 Å². The van der Waals surface area contributed by atoms with Gasteiger partial charge in [0.1, 0.15) is 6.10 Å². The molecule has 2 aromatic heterocycles. The normalized spacial score (nSPS) is 17.8. The van der Waals surface area contributed by atoms with E-state index in [0.717, 1.165) is 23.4 Å². The summed E-state index contributed by atoms with van der Waals surface area (Å²) in [5.74, 6) is 0.632. The molecule has 0 aliphatic carbocycles. The minimum Gasteiger partial charge on any atom is -0.472 e. The highest BCUT2D eigenvalue weighted by Gasteiger charge is 2.30. The van der Waals surface area contributed by atoms with Crippen LogP contribution in [-0.4, -0.2) is 45.2 Å². The van der Waals surface area contributed by atoms with Gasteiger partial charge in [0.05, 0.1) is 17.8 Å². The molecule has 6 heteroatoms.